The third-order valence-electron chi connectivity index (χ3n) is 1.40. The molecule has 0 aliphatic heterocycles. The molecule has 0 aromatic carbocycles. The summed E-state index contributed by atoms with van der Waals surface area (Å²) in [6.07, 6.45) is 2.43. The van der Waals surface area contributed by atoms with Gasteiger partial charge in [0, 0.05) is 6.54 Å². The lowest BCUT2D eigenvalue weighted by Gasteiger charge is -1.97. The molecule has 0 aliphatic carbocycles. The van der Waals surface area contributed by atoms with Crippen molar-refractivity contribution in [3.8, 4) is 6.07 Å². The fourth-order valence-corrected chi connectivity index (χ4v) is 0.759. The first kappa shape index (κ1) is 8.47. The molecule has 0 spiro atoms. The topological polar surface area (TPSA) is 54.5 Å². The third kappa shape index (κ3) is 2.20. The van der Waals surface area contributed by atoms with Gasteiger partial charge in [-0.05, 0) is 13.3 Å². The molecular weight excluding hydrogens is 152 g/mol. The summed E-state index contributed by atoms with van der Waals surface area (Å²) in [5, 5.41) is 12.3. The molecule has 0 bridgehead atoms. The van der Waals surface area contributed by atoms with Gasteiger partial charge in [0.1, 0.15) is 12.4 Å². The molecule has 62 valence electrons. The molecule has 0 unspecified atom stereocenters. The molecule has 0 radical (unpaired) electrons. The summed E-state index contributed by atoms with van der Waals surface area (Å²) >= 11 is 0. The molecule has 4 heteroatoms. The van der Waals surface area contributed by atoms with Crippen molar-refractivity contribution >= 4 is 0 Å². The predicted octanol–water partition coefficient (Wildman–Crippen LogP) is 1.12. The SMILES string of the molecule is C=C(C)CCn1cnc(C#N)n1. The van der Waals surface area contributed by atoms with E-state index in [1.807, 2.05) is 13.0 Å². The highest BCUT2D eigenvalue weighted by Crippen LogP contribution is 1.98. The largest absolute Gasteiger partial charge is 0.252 e. The number of nitrogens with zero attached hydrogens (tertiary/aromatic N) is 4. The lowest BCUT2D eigenvalue weighted by Crippen LogP contribution is -1.98. The lowest BCUT2D eigenvalue weighted by molar-refractivity contribution is 0.609. The first-order valence-corrected chi connectivity index (χ1v) is 3.66. The molecule has 0 saturated carbocycles. The number of aryl methyl sites for hydroxylation is 1. The van der Waals surface area contributed by atoms with Crippen LogP contribution in [0.15, 0.2) is 18.5 Å². The second-order valence-electron chi connectivity index (χ2n) is 2.65. The average molecular weight is 162 g/mol. The fourth-order valence-electron chi connectivity index (χ4n) is 0.759. The van der Waals surface area contributed by atoms with Gasteiger partial charge in [0.05, 0.1) is 0 Å². The number of nitriles is 1. The highest BCUT2D eigenvalue weighted by Gasteiger charge is 1.97. The van der Waals surface area contributed by atoms with E-state index in [9.17, 15) is 0 Å². The first-order valence-electron chi connectivity index (χ1n) is 3.66. The van der Waals surface area contributed by atoms with Gasteiger partial charge in [-0.25, -0.2) is 4.98 Å². The van der Waals surface area contributed by atoms with Crippen LogP contribution in [-0.2, 0) is 6.54 Å². The van der Waals surface area contributed by atoms with Gasteiger partial charge in [-0.2, -0.15) is 5.26 Å². The summed E-state index contributed by atoms with van der Waals surface area (Å²) in [6.45, 7) is 6.47. The Labute approximate surface area is 71.2 Å². The summed E-state index contributed by atoms with van der Waals surface area (Å²) in [5.74, 6) is 0.219. The minimum absolute atomic E-state index is 0.219. The molecule has 1 aromatic heterocycles. The number of allylic oxidation sites excluding steroid dienone is 1. The van der Waals surface area contributed by atoms with E-state index in [2.05, 4.69) is 16.7 Å². The van der Waals surface area contributed by atoms with Crippen LogP contribution >= 0.6 is 0 Å². The molecule has 12 heavy (non-hydrogen) atoms. The summed E-state index contributed by atoms with van der Waals surface area (Å²) in [4.78, 5) is 3.77. The van der Waals surface area contributed by atoms with Crippen molar-refractivity contribution in [2.45, 2.75) is 19.9 Å². The van der Waals surface area contributed by atoms with Gasteiger partial charge in [0.15, 0.2) is 0 Å². The maximum absolute atomic E-state index is 8.42. The smallest absolute Gasteiger partial charge is 0.251 e. The zero-order chi connectivity index (χ0) is 8.97. The van der Waals surface area contributed by atoms with Crippen molar-refractivity contribution in [1.82, 2.24) is 14.8 Å². The minimum Gasteiger partial charge on any atom is -0.251 e. The quantitative estimate of drug-likeness (QED) is 0.626. The number of aromatic nitrogens is 3. The van der Waals surface area contributed by atoms with Gasteiger partial charge in [-0.15, -0.1) is 11.7 Å². The van der Waals surface area contributed by atoms with Crippen LogP contribution in [0.5, 0.6) is 0 Å². The Morgan fingerprint density at radius 2 is 2.58 bits per heavy atom. The van der Waals surface area contributed by atoms with Gasteiger partial charge in [-0.3, -0.25) is 4.68 Å². The Balaban J connectivity index is 2.54. The summed E-state index contributed by atoms with van der Waals surface area (Å²) < 4.78 is 1.65. The minimum atomic E-state index is 0.219. The highest BCUT2D eigenvalue weighted by molar-refractivity contribution is 5.05. The molecule has 1 rings (SSSR count). The van der Waals surface area contributed by atoms with E-state index >= 15 is 0 Å². The van der Waals surface area contributed by atoms with E-state index in [1.165, 1.54) is 0 Å². The van der Waals surface area contributed by atoms with Gasteiger partial charge in [0.2, 0.25) is 0 Å². The molecule has 1 heterocycles. The molecule has 0 amide bonds. The Morgan fingerprint density at radius 1 is 1.83 bits per heavy atom. The van der Waals surface area contributed by atoms with Crippen LogP contribution < -0.4 is 0 Å². The Morgan fingerprint density at radius 3 is 3.08 bits per heavy atom. The maximum atomic E-state index is 8.42. The average Bonchev–Trinajstić information content (AvgIpc) is 2.48. The van der Waals surface area contributed by atoms with E-state index in [0.29, 0.717) is 0 Å². The normalized spacial score (nSPS) is 9.33. The molecule has 0 saturated heterocycles. The van der Waals surface area contributed by atoms with Crippen molar-refractivity contribution in [3.63, 3.8) is 0 Å². The summed E-state index contributed by atoms with van der Waals surface area (Å²) in [7, 11) is 0. The summed E-state index contributed by atoms with van der Waals surface area (Å²) in [5.41, 5.74) is 1.10. The zero-order valence-corrected chi connectivity index (χ0v) is 6.99. The van der Waals surface area contributed by atoms with Crippen molar-refractivity contribution < 1.29 is 0 Å². The van der Waals surface area contributed by atoms with Gasteiger partial charge in [-0.1, -0.05) is 5.57 Å². The number of hydrogen-bond acceptors (Lipinski definition) is 3. The molecular formula is C8H10N4. The van der Waals surface area contributed by atoms with Gasteiger partial charge < -0.3 is 0 Å². The number of rotatable bonds is 3. The van der Waals surface area contributed by atoms with Gasteiger partial charge in [0.25, 0.3) is 5.82 Å². The lowest BCUT2D eigenvalue weighted by atomic mass is 10.2. The Hall–Kier alpha value is -1.63. The second kappa shape index (κ2) is 3.67. The van der Waals surface area contributed by atoms with E-state index in [4.69, 9.17) is 5.26 Å². The maximum Gasteiger partial charge on any atom is 0.252 e. The monoisotopic (exact) mass is 162 g/mol. The fraction of sp³-hybridized carbons (Fsp3) is 0.375. The van der Waals surface area contributed by atoms with E-state index < -0.39 is 0 Å². The van der Waals surface area contributed by atoms with E-state index in [-0.39, 0.29) is 5.82 Å². The standard InChI is InChI=1S/C8H10N4/c1-7(2)3-4-12-6-10-8(5-9)11-12/h6H,1,3-4H2,2H3. The third-order valence-corrected chi connectivity index (χ3v) is 1.40. The van der Waals surface area contributed by atoms with Crippen LogP contribution in [0, 0.1) is 11.3 Å². The van der Waals surface area contributed by atoms with Crippen molar-refractivity contribution in [3.05, 3.63) is 24.3 Å². The van der Waals surface area contributed by atoms with Crippen LogP contribution in [0.2, 0.25) is 0 Å². The summed E-state index contributed by atoms with van der Waals surface area (Å²) in [6, 6.07) is 1.87. The highest BCUT2D eigenvalue weighted by atomic mass is 15.3. The van der Waals surface area contributed by atoms with Crippen LogP contribution in [0.3, 0.4) is 0 Å². The molecule has 1 aromatic rings. The molecule has 0 atom stereocenters. The van der Waals surface area contributed by atoms with Crippen LogP contribution in [0.1, 0.15) is 19.2 Å². The molecule has 0 aliphatic rings. The van der Waals surface area contributed by atoms with Crippen molar-refractivity contribution in [2.75, 3.05) is 0 Å². The van der Waals surface area contributed by atoms with Crippen LogP contribution in [0.4, 0.5) is 0 Å². The molecule has 4 nitrogen and oxygen atoms in total. The zero-order valence-electron chi connectivity index (χ0n) is 6.99. The Bertz CT molecular complexity index is 318. The van der Waals surface area contributed by atoms with E-state index in [1.54, 1.807) is 11.0 Å². The molecule has 0 fully saturated rings. The van der Waals surface area contributed by atoms with Crippen LogP contribution in [0.25, 0.3) is 0 Å². The predicted molar refractivity (Wildman–Crippen MR) is 44.2 cm³/mol. The van der Waals surface area contributed by atoms with E-state index in [0.717, 1.165) is 18.5 Å². The second-order valence-corrected chi connectivity index (χ2v) is 2.65. The molecule has 0 N–H and O–H groups in total. The number of hydrogen-bond donors (Lipinski definition) is 0. The van der Waals surface area contributed by atoms with Gasteiger partial charge >= 0.3 is 0 Å². The Kier molecular flexibility index (Phi) is 2.59. The van der Waals surface area contributed by atoms with Crippen LogP contribution in [-0.4, -0.2) is 14.8 Å². The van der Waals surface area contributed by atoms with Crippen molar-refractivity contribution in [1.29, 1.82) is 5.26 Å². The van der Waals surface area contributed by atoms with Crippen molar-refractivity contribution in [2.24, 2.45) is 0 Å². The first-order chi connectivity index (χ1) is 5.72.